The quantitative estimate of drug-likeness (QED) is 0.785. The van der Waals surface area contributed by atoms with Crippen LogP contribution in [0.2, 0.25) is 5.02 Å². The van der Waals surface area contributed by atoms with Crippen LogP contribution in [0.3, 0.4) is 0 Å². The molecule has 0 saturated carbocycles. The van der Waals surface area contributed by atoms with Crippen molar-refractivity contribution < 1.29 is 18.7 Å². The highest BCUT2D eigenvalue weighted by Crippen LogP contribution is 2.24. The molecular weight excluding hydrogens is 331 g/mol. The molecule has 8 heteroatoms. The molecule has 0 aliphatic heterocycles. The molecule has 0 aliphatic rings. The van der Waals surface area contributed by atoms with Gasteiger partial charge in [0.15, 0.2) is 4.80 Å². The van der Waals surface area contributed by atoms with Crippen LogP contribution in [0.25, 0.3) is 0 Å². The Labute approximate surface area is 134 Å². The lowest BCUT2D eigenvalue weighted by molar-refractivity contribution is -0.132. The van der Waals surface area contributed by atoms with Crippen LogP contribution in [0.4, 0.5) is 10.1 Å². The summed E-state index contributed by atoms with van der Waals surface area (Å²) in [5, 5.41) is -0.0656. The van der Waals surface area contributed by atoms with Gasteiger partial charge < -0.3 is 4.74 Å². The van der Waals surface area contributed by atoms with E-state index < -0.39 is 11.8 Å². The van der Waals surface area contributed by atoms with E-state index in [4.69, 9.17) is 16.3 Å². The molecule has 22 heavy (non-hydrogen) atoms. The van der Waals surface area contributed by atoms with E-state index in [9.17, 15) is 14.0 Å². The minimum Gasteiger partial charge on any atom is -0.408 e. The molecule has 1 aromatic heterocycles. The zero-order chi connectivity index (χ0) is 16.4. The molecule has 2 aromatic rings. The second kappa shape index (κ2) is 6.41. The first kappa shape index (κ1) is 16.4. The largest absolute Gasteiger partial charge is 0.408 e. The number of hydrogen-bond donors (Lipinski definition) is 0. The first-order valence-corrected chi connectivity index (χ1v) is 7.40. The number of thiazole rings is 1. The second-order valence-corrected chi connectivity index (χ2v) is 5.99. The Hall–Kier alpha value is -1.99. The number of aromatic nitrogens is 1. The van der Waals surface area contributed by atoms with Crippen molar-refractivity contribution in [3.63, 3.8) is 0 Å². The van der Waals surface area contributed by atoms with E-state index in [0.717, 1.165) is 0 Å². The van der Waals surface area contributed by atoms with Gasteiger partial charge in [-0.2, -0.15) is 0 Å². The fourth-order valence-corrected chi connectivity index (χ4v) is 2.86. The highest BCUT2D eigenvalue weighted by atomic mass is 35.5. The standard InChI is InChI=1S/C14H12ClFN2O3S/c1-7-13(21-9(3)20)18(8(2)19)14(22-7)17-10-4-5-12(16)11(15)6-10/h4-6H,1-3H3. The molecule has 2 rings (SSSR count). The average molecular weight is 343 g/mol. The van der Waals surface area contributed by atoms with E-state index >= 15 is 0 Å². The number of nitrogens with zero attached hydrogens (tertiary/aromatic N) is 2. The Kier molecular flexibility index (Phi) is 4.77. The van der Waals surface area contributed by atoms with Crippen LogP contribution in [0.1, 0.15) is 23.5 Å². The van der Waals surface area contributed by atoms with E-state index in [-0.39, 0.29) is 16.8 Å². The highest BCUT2D eigenvalue weighted by molar-refractivity contribution is 7.09. The molecule has 0 bridgehead atoms. The van der Waals surface area contributed by atoms with Gasteiger partial charge in [-0.05, 0) is 25.1 Å². The molecule has 0 amide bonds. The summed E-state index contributed by atoms with van der Waals surface area (Å²) in [5.74, 6) is -1.31. The molecule has 1 heterocycles. The summed E-state index contributed by atoms with van der Waals surface area (Å²) >= 11 is 6.89. The van der Waals surface area contributed by atoms with Gasteiger partial charge in [0.2, 0.25) is 11.8 Å². The van der Waals surface area contributed by atoms with Gasteiger partial charge in [-0.1, -0.05) is 22.9 Å². The van der Waals surface area contributed by atoms with Gasteiger partial charge in [0.25, 0.3) is 0 Å². The lowest BCUT2D eigenvalue weighted by atomic mass is 10.3. The van der Waals surface area contributed by atoms with Crippen LogP contribution in [0.15, 0.2) is 23.2 Å². The van der Waals surface area contributed by atoms with Gasteiger partial charge in [-0.15, -0.1) is 0 Å². The van der Waals surface area contributed by atoms with Crippen LogP contribution >= 0.6 is 22.9 Å². The number of esters is 1. The monoisotopic (exact) mass is 342 g/mol. The van der Waals surface area contributed by atoms with Crippen molar-refractivity contribution in [2.24, 2.45) is 4.99 Å². The zero-order valence-electron chi connectivity index (χ0n) is 12.0. The molecule has 0 N–H and O–H groups in total. The molecule has 0 aliphatic carbocycles. The van der Waals surface area contributed by atoms with Crippen molar-refractivity contribution in [2.45, 2.75) is 20.8 Å². The molecule has 116 valence electrons. The number of aryl methyl sites for hydroxylation is 1. The van der Waals surface area contributed by atoms with E-state index in [1.165, 1.54) is 48.0 Å². The fourth-order valence-electron chi connectivity index (χ4n) is 1.74. The topological polar surface area (TPSA) is 60.7 Å². The number of carbonyl (C=O) groups is 2. The highest BCUT2D eigenvalue weighted by Gasteiger charge is 2.17. The normalized spacial score (nSPS) is 11.6. The fraction of sp³-hybridized carbons (Fsp3) is 0.214. The summed E-state index contributed by atoms with van der Waals surface area (Å²) in [6.45, 7) is 4.28. The van der Waals surface area contributed by atoms with Crippen molar-refractivity contribution in [2.75, 3.05) is 0 Å². The van der Waals surface area contributed by atoms with Crippen molar-refractivity contribution in [1.82, 2.24) is 4.57 Å². The van der Waals surface area contributed by atoms with Crippen molar-refractivity contribution >= 4 is 40.5 Å². The molecular formula is C14H12ClFN2O3S. The van der Waals surface area contributed by atoms with Crippen molar-refractivity contribution in [1.29, 1.82) is 0 Å². The molecule has 0 fully saturated rings. The number of benzene rings is 1. The summed E-state index contributed by atoms with van der Waals surface area (Å²) in [6.07, 6.45) is 0. The maximum Gasteiger partial charge on any atom is 0.309 e. The second-order valence-electron chi connectivity index (χ2n) is 4.40. The third-order valence-corrected chi connectivity index (χ3v) is 3.85. The molecule has 5 nitrogen and oxygen atoms in total. The van der Waals surface area contributed by atoms with Gasteiger partial charge in [0.05, 0.1) is 15.6 Å². The number of halogens is 2. The molecule has 0 atom stereocenters. The molecule has 0 spiro atoms. The van der Waals surface area contributed by atoms with Gasteiger partial charge >= 0.3 is 5.97 Å². The Balaban J connectivity index is 2.64. The Morgan fingerprint density at radius 3 is 2.59 bits per heavy atom. The van der Waals surface area contributed by atoms with Crippen molar-refractivity contribution in [3.05, 3.63) is 38.7 Å². The molecule has 0 unspecified atom stereocenters. The van der Waals surface area contributed by atoms with E-state index in [1.807, 2.05) is 0 Å². The smallest absolute Gasteiger partial charge is 0.309 e. The van der Waals surface area contributed by atoms with Crippen LogP contribution in [-0.2, 0) is 4.79 Å². The van der Waals surface area contributed by atoms with E-state index in [2.05, 4.69) is 4.99 Å². The Bertz CT molecular complexity index is 826. The van der Waals surface area contributed by atoms with Crippen LogP contribution in [0, 0.1) is 12.7 Å². The van der Waals surface area contributed by atoms with Gasteiger partial charge in [0.1, 0.15) is 5.82 Å². The average Bonchev–Trinajstić information content (AvgIpc) is 2.69. The van der Waals surface area contributed by atoms with Crippen LogP contribution < -0.4 is 9.54 Å². The van der Waals surface area contributed by atoms with Gasteiger partial charge in [-0.3, -0.25) is 9.59 Å². The van der Waals surface area contributed by atoms with Gasteiger partial charge in [0, 0.05) is 13.8 Å². The predicted molar refractivity (Wildman–Crippen MR) is 81.3 cm³/mol. The first-order valence-electron chi connectivity index (χ1n) is 6.21. The molecule has 1 aromatic carbocycles. The first-order chi connectivity index (χ1) is 10.3. The Morgan fingerprint density at radius 1 is 1.36 bits per heavy atom. The van der Waals surface area contributed by atoms with Crippen molar-refractivity contribution in [3.8, 4) is 5.88 Å². The lowest BCUT2D eigenvalue weighted by Gasteiger charge is -2.04. The number of rotatable bonds is 2. The summed E-state index contributed by atoms with van der Waals surface area (Å²) in [4.78, 5) is 28.2. The maximum atomic E-state index is 13.2. The summed E-state index contributed by atoms with van der Waals surface area (Å²) in [6, 6.07) is 3.97. The van der Waals surface area contributed by atoms with Crippen LogP contribution in [0.5, 0.6) is 5.88 Å². The maximum absolute atomic E-state index is 13.2. The third-order valence-electron chi connectivity index (χ3n) is 2.62. The van der Waals surface area contributed by atoms with Crippen LogP contribution in [-0.4, -0.2) is 16.4 Å². The van der Waals surface area contributed by atoms with Gasteiger partial charge in [-0.25, -0.2) is 13.9 Å². The molecule has 0 radical (unpaired) electrons. The number of carbonyl (C=O) groups excluding carboxylic acids is 2. The summed E-state index contributed by atoms with van der Waals surface area (Å²) in [7, 11) is 0. The predicted octanol–water partition coefficient (Wildman–Crippen LogP) is 3.47. The zero-order valence-corrected chi connectivity index (χ0v) is 13.6. The minimum atomic E-state index is -0.553. The number of hydrogen-bond acceptors (Lipinski definition) is 5. The number of ether oxygens (including phenoxy) is 1. The SMILES string of the molecule is CC(=O)Oc1c(C)sc(=Nc2ccc(F)c(Cl)c2)n1C(C)=O. The summed E-state index contributed by atoms with van der Waals surface area (Å²) in [5.41, 5.74) is 0.386. The minimum absolute atomic E-state index is 0.0656. The lowest BCUT2D eigenvalue weighted by Crippen LogP contribution is -2.22. The third kappa shape index (κ3) is 3.42. The summed E-state index contributed by atoms with van der Waals surface area (Å²) < 4.78 is 19.4. The van der Waals surface area contributed by atoms with E-state index in [1.54, 1.807) is 6.92 Å². The molecule has 0 saturated heterocycles. The van der Waals surface area contributed by atoms with E-state index in [0.29, 0.717) is 15.4 Å². The Morgan fingerprint density at radius 2 is 2.05 bits per heavy atom.